The van der Waals surface area contributed by atoms with Crippen molar-refractivity contribution < 1.29 is 0 Å². The monoisotopic (exact) mass is 272 g/mol. The summed E-state index contributed by atoms with van der Waals surface area (Å²) in [5.74, 6) is 0. The lowest BCUT2D eigenvalue weighted by Crippen LogP contribution is -2.02. The number of H-pyrrole nitrogens is 1. The van der Waals surface area contributed by atoms with Crippen LogP contribution in [0, 0.1) is 11.7 Å². The Bertz CT molecular complexity index is 778. The molecule has 0 aliphatic carbocycles. The number of rotatable bonds is 3. The average Bonchev–Trinajstić information content (AvgIpc) is 2.90. The summed E-state index contributed by atoms with van der Waals surface area (Å²) in [6.07, 6.45) is 2.85. The molecule has 19 heavy (non-hydrogen) atoms. The molecule has 5 heteroatoms. The maximum Gasteiger partial charge on any atom is 0.178 e. The highest BCUT2D eigenvalue weighted by Gasteiger charge is 2.05. The van der Waals surface area contributed by atoms with Gasteiger partial charge in [0.05, 0.1) is 16.7 Å². The van der Waals surface area contributed by atoms with Crippen molar-refractivity contribution >= 4 is 23.3 Å². The minimum absolute atomic E-state index is 0.775. The molecule has 3 aromatic rings. The van der Waals surface area contributed by atoms with E-state index in [1.54, 1.807) is 0 Å². The number of imidazole rings is 1. The smallest absolute Gasteiger partial charge is 0.178 e. The second-order valence-electron chi connectivity index (χ2n) is 4.83. The first-order valence-corrected chi connectivity index (χ1v) is 6.72. The molecule has 0 saturated heterocycles. The standard InChI is InChI=1S/C14H16N4S/c1-10-3-4-12-13(9-10)18(14(19)15-12)8-6-11-5-7-17(2)16-11/h3-5,7,9H,6,8H2,1-2H3,(H,15,19). The fourth-order valence-electron chi connectivity index (χ4n) is 2.31. The highest BCUT2D eigenvalue weighted by atomic mass is 32.1. The van der Waals surface area contributed by atoms with E-state index in [4.69, 9.17) is 12.2 Å². The molecule has 0 radical (unpaired) electrons. The summed E-state index contributed by atoms with van der Waals surface area (Å²) < 4.78 is 4.75. The van der Waals surface area contributed by atoms with Crippen LogP contribution in [0.3, 0.4) is 0 Å². The largest absolute Gasteiger partial charge is 0.331 e. The minimum Gasteiger partial charge on any atom is -0.331 e. The van der Waals surface area contributed by atoms with Gasteiger partial charge in [0.25, 0.3) is 0 Å². The van der Waals surface area contributed by atoms with Crippen LogP contribution in [0.25, 0.3) is 11.0 Å². The van der Waals surface area contributed by atoms with Crippen LogP contribution in [0.4, 0.5) is 0 Å². The van der Waals surface area contributed by atoms with Crippen molar-refractivity contribution in [3.05, 3.63) is 46.5 Å². The molecular formula is C14H16N4S. The van der Waals surface area contributed by atoms with Crippen LogP contribution in [0.15, 0.2) is 30.5 Å². The van der Waals surface area contributed by atoms with E-state index in [2.05, 4.69) is 39.8 Å². The molecule has 4 nitrogen and oxygen atoms in total. The predicted molar refractivity (Wildman–Crippen MR) is 78.8 cm³/mol. The molecule has 1 N–H and O–H groups in total. The number of hydrogen-bond donors (Lipinski definition) is 1. The quantitative estimate of drug-likeness (QED) is 0.744. The fourth-order valence-corrected chi connectivity index (χ4v) is 2.61. The molecule has 0 bridgehead atoms. The third-order valence-corrected chi connectivity index (χ3v) is 3.61. The van der Waals surface area contributed by atoms with Crippen molar-refractivity contribution in [3.8, 4) is 0 Å². The number of aryl methyl sites for hydroxylation is 4. The van der Waals surface area contributed by atoms with Crippen molar-refractivity contribution in [2.24, 2.45) is 7.05 Å². The first-order chi connectivity index (χ1) is 9.13. The minimum atomic E-state index is 0.775. The van der Waals surface area contributed by atoms with Crippen LogP contribution < -0.4 is 0 Å². The Balaban J connectivity index is 1.94. The van der Waals surface area contributed by atoms with Crippen LogP contribution in [0.1, 0.15) is 11.3 Å². The van der Waals surface area contributed by atoms with Gasteiger partial charge < -0.3 is 9.55 Å². The number of aromatic nitrogens is 4. The zero-order valence-corrected chi connectivity index (χ0v) is 11.9. The summed E-state index contributed by atoms with van der Waals surface area (Å²) in [6, 6.07) is 8.39. The summed E-state index contributed by atoms with van der Waals surface area (Å²) in [4.78, 5) is 3.25. The van der Waals surface area contributed by atoms with Crippen molar-refractivity contribution in [1.29, 1.82) is 0 Å². The number of hydrogen-bond acceptors (Lipinski definition) is 2. The lowest BCUT2D eigenvalue weighted by Gasteiger charge is -2.03. The number of nitrogens with one attached hydrogen (secondary N) is 1. The van der Waals surface area contributed by atoms with E-state index in [-0.39, 0.29) is 0 Å². The molecule has 0 aliphatic rings. The summed E-state index contributed by atoms with van der Waals surface area (Å²) in [5.41, 5.74) is 4.59. The molecule has 0 amide bonds. The molecule has 2 heterocycles. The van der Waals surface area contributed by atoms with Crippen LogP contribution in [0.2, 0.25) is 0 Å². The fraction of sp³-hybridized carbons (Fsp3) is 0.286. The third-order valence-electron chi connectivity index (χ3n) is 3.29. The van der Waals surface area contributed by atoms with Gasteiger partial charge in [-0.15, -0.1) is 0 Å². The summed E-state index contributed by atoms with van der Waals surface area (Å²) in [7, 11) is 1.93. The van der Waals surface area contributed by atoms with E-state index < -0.39 is 0 Å². The molecular weight excluding hydrogens is 256 g/mol. The van der Waals surface area contributed by atoms with E-state index in [0.717, 1.165) is 28.9 Å². The van der Waals surface area contributed by atoms with E-state index in [1.807, 2.05) is 24.0 Å². The molecule has 98 valence electrons. The van der Waals surface area contributed by atoms with Gasteiger partial charge in [0.15, 0.2) is 4.77 Å². The van der Waals surface area contributed by atoms with E-state index in [9.17, 15) is 0 Å². The molecule has 0 aliphatic heterocycles. The summed E-state index contributed by atoms with van der Waals surface area (Å²) in [6.45, 7) is 2.94. The molecule has 0 unspecified atom stereocenters. The topological polar surface area (TPSA) is 38.5 Å². The lowest BCUT2D eigenvalue weighted by atomic mass is 10.2. The number of benzene rings is 1. The predicted octanol–water partition coefficient (Wildman–Crippen LogP) is 2.98. The van der Waals surface area contributed by atoms with Gasteiger partial charge in [-0.05, 0) is 42.9 Å². The molecule has 0 saturated carbocycles. The maximum absolute atomic E-state index is 5.40. The second kappa shape index (κ2) is 4.66. The molecule has 3 rings (SSSR count). The lowest BCUT2D eigenvalue weighted by molar-refractivity contribution is 0.671. The Morgan fingerprint density at radius 2 is 2.16 bits per heavy atom. The Morgan fingerprint density at radius 1 is 1.32 bits per heavy atom. The van der Waals surface area contributed by atoms with Gasteiger partial charge in [0.1, 0.15) is 0 Å². The molecule has 0 spiro atoms. The van der Waals surface area contributed by atoms with Gasteiger partial charge in [-0.3, -0.25) is 4.68 Å². The maximum atomic E-state index is 5.40. The number of fused-ring (bicyclic) bond motifs is 1. The van der Waals surface area contributed by atoms with Crippen molar-refractivity contribution in [2.75, 3.05) is 0 Å². The van der Waals surface area contributed by atoms with Gasteiger partial charge in [-0.1, -0.05) is 6.07 Å². The molecule has 1 aromatic carbocycles. The summed E-state index contributed by atoms with van der Waals surface area (Å²) >= 11 is 5.40. The van der Waals surface area contributed by atoms with E-state index >= 15 is 0 Å². The van der Waals surface area contributed by atoms with E-state index in [0.29, 0.717) is 0 Å². The van der Waals surface area contributed by atoms with Crippen LogP contribution >= 0.6 is 12.2 Å². The van der Waals surface area contributed by atoms with Gasteiger partial charge >= 0.3 is 0 Å². The molecule has 0 fully saturated rings. The Morgan fingerprint density at radius 3 is 2.89 bits per heavy atom. The van der Waals surface area contributed by atoms with Crippen molar-refractivity contribution in [3.63, 3.8) is 0 Å². The van der Waals surface area contributed by atoms with Gasteiger partial charge in [-0.25, -0.2) is 0 Å². The molecule has 0 atom stereocenters. The van der Waals surface area contributed by atoms with Crippen LogP contribution in [-0.4, -0.2) is 19.3 Å². The Hall–Kier alpha value is -1.88. The number of nitrogens with zero attached hydrogens (tertiary/aromatic N) is 3. The molecule has 2 aromatic heterocycles. The first-order valence-electron chi connectivity index (χ1n) is 6.31. The highest BCUT2D eigenvalue weighted by molar-refractivity contribution is 7.71. The highest BCUT2D eigenvalue weighted by Crippen LogP contribution is 2.16. The first kappa shape index (κ1) is 12.2. The normalized spacial score (nSPS) is 11.3. The zero-order chi connectivity index (χ0) is 13.4. The summed E-state index contributed by atoms with van der Waals surface area (Å²) in [5, 5.41) is 4.40. The van der Waals surface area contributed by atoms with Gasteiger partial charge in [0.2, 0.25) is 0 Å². The second-order valence-corrected chi connectivity index (χ2v) is 5.22. The average molecular weight is 272 g/mol. The SMILES string of the molecule is Cc1ccc2[nH]c(=S)n(CCc3ccn(C)n3)c2c1. The van der Waals surface area contributed by atoms with Crippen LogP contribution in [0.5, 0.6) is 0 Å². The van der Waals surface area contributed by atoms with E-state index in [1.165, 1.54) is 11.1 Å². The third kappa shape index (κ3) is 2.33. The van der Waals surface area contributed by atoms with Crippen LogP contribution in [-0.2, 0) is 20.0 Å². The van der Waals surface area contributed by atoms with Gasteiger partial charge in [-0.2, -0.15) is 5.10 Å². The van der Waals surface area contributed by atoms with Gasteiger partial charge in [0, 0.05) is 26.2 Å². The Kier molecular flexibility index (Phi) is 2.98. The number of aromatic amines is 1. The Labute approximate surface area is 116 Å². The van der Waals surface area contributed by atoms with Crippen molar-refractivity contribution in [1.82, 2.24) is 19.3 Å². The zero-order valence-electron chi connectivity index (χ0n) is 11.1. The van der Waals surface area contributed by atoms with Crippen molar-refractivity contribution in [2.45, 2.75) is 19.9 Å².